The maximum Gasteiger partial charge on any atom is 0.0904 e. The topological polar surface area (TPSA) is 38.7 Å². The summed E-state index contributed by atoms with van der Waals surface area (Å²) in [5.74, 6) is 0. The summed E-state index contributed by atoms with van der Waals surface area (Å²) in [6.07, 6.45) is 4.86. The minimum Gasteiger partial charge on any atom is -0.387 e. The van der Waals surface area contributed by atoms with E-state index in [1.165, 1.54) is 0 Å². The summed E-state index contributed by atoms with van der Waals surface area (Å²) in [5, 5.41) is 10.2. The van der Waals surface area contributed by atoms with Gasteiger partial charge in [-0.3, -0.25) is 0 Å². The van der Waals surface area contributed by atoms with E-state index in [0.29, 0.717) is 13.0 Å². The van der Waals surface area contributed by atoms with Gasteiger partial charge in [0.1, 0.15) is 0 Å². The molecule has 0 radical (unpaired) electrons. The minimum absolute atomic E-state index is 0.207. The lowest BCUT2D eigenvalue weighted by Gasteiger charge is -2.35. The van der Waals surface area contributed by atoms with Crippen molar-refractivity contribution in [1.82, 2.24) is 0 Å². The predicted octanol–water partition coefficient (Wildman–Crippen LogP) is 1.73. The zero-order valence-electron chi connectivity index (χ0n) is 9.29. The highest BCUT2D eigenvalue weighted by atomic mass is 16.5. The molecule has 2 atom stereocenters. The fourth-order valence-electron chi connectivity index (χ4n) is 2.03. The quantitative estimate of drug-likeness (QED) is 0.690. The molecule has 1 N–H and O–H groups in total. The minimum atomic E-state index is -0.645. The van der Waals surface area contributed by atoms with E-state index in [4.69, 9.17) is 9.47 Å². The van der Waals surface area contributed by atoms with E-state index < -0.39 is 5.60 Å². The van der Waals surface area contributed by atoms with Crippen molar-refractivity contribution in [2.75, 3.05) is 20.3 Å². The van der Waals surface area contributed by atoms with Crippen LogP contribution in [0.3, 0.4) is 0 Å². The van der Waals surface area contributed by atoms with Crippen molar-refractivity contribution in [2.24, 2.45) is 0 Å². The first-order valence-electron chi connectivity index (χ1n) is 5.53. The summed E-state index contributed by atoms with van der Waals surface area (Å²) in [6, 6.07) is 0. The normalized spacial score (nSPS) is 33.2. The van der Waals surface area contributed by atoms with E-state index in [1.807, 2.05) is 0 Å². The van der Waals surface area contributed by atoms with Gasteiger partial charge in [0.2, 0.25) is 0 Å². The van der Waals surface area contributed by atoms with Crippen LogP contribution in [0.1, 0.15) is 39.0 Å². The van der Waals surface area contributed by atoms with Crippen molar-refractivity contribution in [1.29, 1.82) is 0 Å². The number of hydrogen-bond donors (Lipinski definition) is 1. The van der Waals surface area contributed by atoms with Gasteiger partial charge in [-0.25, -0.2) is 0 Å². The standard InChI is InChI=1S/C11H22O3/c1-3-7-14-9-11(12)6-4-5-10(8-11)13-2/h10,12H,3-9H2,1-2H3. The van der Waals surface area contributed by atoms with Gasteiger partial charge in [-0.05, 0) is 25.7 Å². The summed E-state index contributed by atoms with van der Waals surface area (Å²) in [7, 11) is 1.71. The van der Waals surface area contributed by atoms with Gasteiger partial charge >= 0.3 is 0 Å². The first-order chi connectivity index (χ1) is 6.70. The third-order valence-corrected chi connectivity index (χ3v) is 2.83. The molecule has 1 aliphatic rings. The van der Waals surface area contributed by atoms with Crippen LogP contribution in [-0.2, 0) is 9.47 Å². The van der Waals surface area contributed by atoms with Crippen molar-refractivity contribution in [2.45, 2.75) is 50.7 Å². The molecule has 2 unspecified atom stereocenters. The SMILES string of the molecule is CCCOCC1(O)CCCC(OC)C1. The summed E-state index contributed by atoms with van der Waals surface area (Å²) in [4.78, 5) is 0. The Morgan fingerprint density at radius 3 is 2.93 bits per heavy atom. The lowest BCUT2D eigenvalue weighted by Crippen LogP contribution is -2.42. The molecule has 0 aromatic carbocycles. The second kappa shape index (κ2) is 5.69. The van der Waals surface area contributed by atoms with Gasteiger partial charge in [0.15, 0.2) is 0 Å². The van der Waals surface area contributed by atoms with Gasteiger partial charge in [-0.1, -0.05) is 6.92 Å². The van der Waals surface area contributed by atoms with Crippen molar-refractivity contribution in [3.63, 3.8) is 0 Å². The van der Waals surface area contributed by atoms with E-state index >= 15 is 0 Å². The Hall–Kier alpha value is -0.120. The summed E-state index contributed by atoms with van der Waals surface area (Å²) >= 11 is 0. The Morgan fingerprint density at radius 1 is 1.50 bits per heavy atom. The Labute approximate surface area is 86.4 Å². The highest BCUT2D eigenvalue weighted by molar-refractivity contribution is 4.86. The van der Waals surface area contributed by atoms with Crippen LogP contribution in [0.15, 0.2) is 0 Å². The molecule has 0 bridgehead atoms. The maximum absolute atomic E-state index is 10.2. The molecule has 0 aliphatic heterocycles. The van der Waals surface area contributed by atoms with E-state index in [2.05, 4.69) is 6.92 Å². The molecule has 0 spiro atoms. The molecule has 1 saturated carbocycles. The van der Waals surface area contributed by atoms with Crippen molar-refractivity contribution in [3.8, 4) is 0 Å². The Bertz CT molecular complexity index is 161. The van der Waals surface area contributed by atoms with Crippen LogP contribution in [-0.4, -0.2) is 37.1 Å². The lowest BCUT2D eigenvalue weighted by molar-refractivity contribution is -0.103. The van der Waals surface area contributed by atoms with Crippen LogP contribution in [0.2, 0.25) is 0 Å². The van der Waals surface area contributed by atoms with Gasteiger partial charge in [0, 0.05) is 20.1 Å². The van der Waals surface area contributed by atoms with Crippen LogP contribution in [0.4, 0.5) is 0 Å². The molecule has 3 nitrogen and oxygen atoms in total. The number of aliphatic hydroxyl groups is 1. The lowest BCUT2D eigenvalue weighted by atomic mass is 9.83. The molecular weight excluding hydrogens is 180 g/mol. The van der Waals surface area contributed by atoms with E-state index in [9.17, 15) is 5.11 Å². The maximum atomic E-state index is 10.2. The third-order valence-electron chi connectivity index (χ3n) is 2.83. The van der Waals surface area contributed by atoms with Crippen molar-refractivity contribution in [3.05, 3.63) is 0 Å². The number of ether oxygens (including phenoxy) is 2. The van der Waals surface area contributed by atoms with Crippen LogP contribution in [0.25, 0.3) is 0 Å². The fraction of sp³-hybridized carbons (Fsp3) is 1.00. The second-order valence-corrected chi connectivity index (χ2v) is 4.23. The van der Waals surface area contributed by atoms with Crippen molar-refractivity contribution < 1.29 is 14.6 Å². The Kier molecular flexibility index (Phi) is 4.85. The largest absolute Gasteiger partial charge is 0.387 e. The summed E-state index contributed by atoms with van der Waals surface area (Å²) < 4.78 is 10.7. The number of hydrogen-bond acceptors (Lipinski definition) is 3. The van der Waals surface area contributed by atoms with Gasteiger partial charge < -0.3 is 14.6 Å². The molecule has 14 heavy (non-hydrogen) atoms. The zero-order valence-corrected chi connectivity index (χ0v) is 9.29. The molecule has 0 amide bonds. The number of rotatable bonds is 5. The van der Waals surface area contributed by atoms with E-state index in [0.717, 1.165) is 32.3 Å². The van der Waals surface area contributed by atoms with E-state index in [-0.39, 0.29) is 6.10 Å². The molecule has 0 saturated heterocycles. The first-order valence-corrected chi connectivity index (χ1v) is 5.53. The average Bonchev–Trinajstić information content (AvgIpc) is 2.18. The van der Waals surface area contributed by atoms with Gasteiger partial charge in [0.05, 0.1) is 18.3 Å². The zero-order chi connectivity index (χ0) is 10.4. The molecule has 0 heterocycles. The molecule has 0 aromatic heterocycles. The Morgan fingerprint density at radius 2 is 2.29 bits per heavy atom. The van der Waals surface area contributed by atoms with Crippen LogP contribution >= 0.6 is 0 Å². The van der Waals surface area contributed by atoms with Gasteiger partial charge in [-0.15, -0.1) is 0 Å². The smallest absolute Gasteiger partial charge is 0.0904 e. The highest BCUT2D eigenvalue weighted by Gasteiger charge is 2.34. The number of methoxy groups -OCH3 is 1. The van der Waals surface area contributed by atoms with Crippen molar-refractivity contribution >= 4 is 0 Å². The molecule has 1 rings (SSSR count). The third kappa shape index (κ3) is 3.56. The van der Waals surface area contributed by atoms with Gasteiger partial charge in [-0.2, -0.15) is 0 Å². The second-order valence-electron chi connectivity index (χ2n) is 4.23. The molecule has 0 aromatic rings. The highest BCUT2D eigenvalue weighted by Crippen LogP contribution is 2.30. The Balaban J connectivity index is 2.31. The van der Waals surface area contributed by atoms with Gasteiger partial charge in [0.25, 0.3) is 0 Å². The fourth-order valence-corrected chi connectivity index (χ4v) is 2.03. The molecular formula is C11H22O3. The molecule has 3 heteroatoms. The van der Waals surface area contributed by atoms with Crippen LogP contribution in [0, 0.1) is 0 Å². The van der Waals surface area contributed by atoms with Crippen LogP contribution < -0.4 is 0 Å². The first kappa shape index (κ1) is 12.0. The monoisotopic (exact) mass is 202 g/mol. The van der Waals surface area contributed by atoms with Crippen LogP contribution in [0.5, 0.6) is 0 Å². The summed E-state index contributed by atoms with van der Waals surface area (Å²) in [6.45, 7) is 3.27. The van der Waals surface area contributed by atoms with E-state index in [1.54, 1.807) is 7.11 Å². The molecule has 1 aliphatic carbocycles. The molecule has 84 valence electrons. The molecule has 1 fully saturated rings. The predicted molar refractivity (Wildman–Crippen MR) is 55.3 cm³/mol. The summed E-state index contributed by atoms with van der Waals surface area (Å²) in [5.41, 5.74) is -0.645. The average molecular weight is 202 g/mol.